The summed E-state index contributed by atoms with van der Waals surface area (Å²) < 4.78 is 24.8. The molecular formula is C18H30Br2O6. The quantitative estimate of drug-likeness (QED) is 0.576. The average Bonchev–Trinajstić information content (AvgIpc) is 2.68. The molecule has 8 heteroatoms. The van der Waals surface area contributed by atoms with E-state index in [2.05, 4.69) is 31.9 Å². The van der Waals surface area contributed by atoms with Crippen LogP contribution in [0.5, 0.6) is 0 Å². The van der Waals surface area contributed by atoms with Gasteiger partial charge in [0, 0.05) is 23.7 Å². The number of hydrogen-bond acceptors (Lipinski definition) is 6. The Morgan fingerprint density at radius 3 is 1.27 bits per heavy atom. The van der Waals surface area contributed by atoms with Crippen molar-refractivity contribution in [2.75, 3.05) is 39.6 Å². The summed E-state index contributed by atoms with van der Waals surface area (Å²) in [7, 11) is 0. The second-order valence-corrected chi connectivity index (χ2v) is 10.4. The molecule has 1 aliphatic carbocycles. The van der Waals surface area contributed by atoms with E-state index in [1.807, 2.05) is 13.8 Å². The molecule has 3 aliphatic rings. The molecule has 2 spiro atoms. The molecule has 6 nitrogen and oxygen atoms in total. The molecular weight excluding hydrogens is 472 g/mol. The highest BCUT2D eigenvalue weighted by Crippen LogP contribution is 2.52. The van der Waals surface area contributed by atoms with Crippen LogP contribution >= 0.6 is 31.9 Å². The van der Waals surface area contributed by atoms with Crippen molar-refractivity contribution in [2.24, 2.45) is 10.8 Å². The van der Waals surface area contributed by atoms with E-state index >= 15 is 0 Å². The van der Waals surface area contributed by atoms with E-state index in [4.69, 9.17) is 18.9 Å². The highest BCUT2D eigenvalue weighted by Gasteiger charge is 2.60. The number of halogens is 2. The van der Waals surface area contributed by atoms with Crippen LogP contribution in [-0.2, 0) is 18.9 Å². The van der Waals surface area contributed by atoms with E-state index in [1.165, 1.54) is 0 Å². The Morgan fingerprint density at radius 2 is 1.04 bits per heavy atom. The average molecular weight is 502 g/mol. The summed E-state index contributed by atoms with van der Waals surface area (Å²) in [6.45, 7) is 6.09. The minimum Gasteiger partial charge on any atom is -0.396 e. The van der Waals surface area contributed by atoms with Crippen LogP contribution in [0.15, 0.2) is 0 Å². The number of alkyl halides is 2. The predicted octanol–water partition coefficient (Wildman–Crippen LogP) is 2.57. The fourth-order valence-corrected chi connectivity index (χ4v) is 5.55. The molecule has 0 bridgehead atoms. The standard InChI is InChI=1S/C18H30Br2O6/c1-3-15(7-21)9-23-17(24-10-15)5-14(20)18(6-13(17)19)25-11-16(4-2,8-22)12-26-18/h13-14,21-22H,3-12H2,1-2H3. The highest BCUT2D eigenvalue weighted by molar-refractivity contribution is 9.10. The lowest BCUT2D eigenvalue weighted by Crippen LogP contribution is -2.66. The molecule has 2 saturated heterocycles. The molecule has 26 heavy (non-hydrogen) atoms. The molecule has 3 fully saturated rings. The molecule has 0 radical (unpaired) electrons. The summed E-state index contributed by atoms with van der Waals surface area (Å²) in [4.78, 5) is -0.193. The maximum absolute atomic E-state index is 9.70. The Hall–Kier alpha value is 0.720. The van der Waals surface area contributed by atoms with Gasteiger partial charge in [0.25, 0.3) is 0 Å². The molecule has 2 atom stereocenters. The number of ether oxygens (including phenoxy) is 4. The van der Waals surface area contributed by atoms with Crippen molar-refractivity contribution in [3.63, 3.8) is 0 Å². The van der Waals surface area contributed by atoms with Gasteiger partial charge in [-0.15, -0.1) is 0 Å². The number of hydrogen-bond donors (Lipinski definition) is 2. The van der Waals surface area contributed by atoms with Gasteiger partial charge in [-0.2, -0.15) is 0 Å². The minimum atomic E-state index is -0.754. The Bertz CT molecular complexity index is 430. The van der Waals surface area contributed by atoms with E-state index in [-0.39, 0.29) is 33.7 Å². The van der Waals surface area contributed by atoms with Crippen molar-refractivity contribution in [1.29, 1.82) is 0 Å². The Balaban J connectivity index is 1.69. The molecule has 1 saturated carbocycles. The van der Waals surface area contributed by atoms with Gasteiger partial charge in [0.15, 0.2) is 11.6 Å². The van der Waals surface area contributed by atoms with E-state index in [9.17, 15) is 10.2 Å². The molecule has 0 aromatic heterocycles. The van der Waals surface area contributed by atoms with Crippen LogP contribution in [0.1, 0.15) is 39.5 Å². The maximum atomic E-state index is 9.70. The smallest absolute Gasteiger partial charge is 0.182 e. The third-order valence-corrected chi connectivity index (χ3v) is 8.59. The largest absolute Gasteiger partial charge is 0.396 e. The van der Waals surface area contributed by atoms with Gasteiger partial charge in [0.2, 0.25) is 0 Å². The summed E-state index contributed by atoms with van der Waals surface area (Å²) in [6.07, 6.45) is 2.76. The van der Waals surface area contributed by atoms with Gasteiger partial charge >= 0.3 is 0 Å². The first-order valence-electron chi connectivity index (χ1n) is 9.38. The second kappa shape index (κ2) is 7.86. The summed E-state index contributed by atoms with van der Waals surface area (Å²) in [5.41, 5.74) is -0.650. The van der Waals surface area contributed by atoms with Crippen LogP contribution in [0.25, 0.3) is 0 Å². The van der Waals surface area contributed by atoms with Gasteiger partial charge in [-0.25, -0.2) is 0 Å². The van der Waals surface area contributed by atoms with Gasteiger partial charge in [-0.3, -0.25) is 0 Å². The molecule has 2 unspecified atom stereocenters. The third-order valence-electron chi connectivity index (χ3n) is 6.54. The van der Waals surface area contributed by atoms with Crippen LogP contribution < -0.4 is 0 Å². The van der Waals surface area contributed by atoms with Crippen LogP contribution in [-0.4, -0.2) is 71.1 Å². The van der Waals surface area contributed by atoms with Crippen molar-refractivity contribution in [1.82, 2.24) is 0 Å². The Labute approximate surface area is 172 Å². The lowest BCUT2D eigenvalue weighted by molar-refractivity contribution is -0.363. The fourth-order valence-electron chi connectivity index (χ4n) is 3.75. The molecule has 3 rings (SSSR count). The summed E-state index contributed by atoms with van der Waals surface area (Å²) in [5.74, 6) is -1.51. The highest BCUT2D eigenvalue weighted by atomic mass is 79.9. The first kappa shape index (κ1) is 21.4. The van der Waals surface area contributed by atoms with Gasteiger partial charge in [-0.05, 0) is 12.8 Å². The fraction of sp³-hybridized carbons (Fsp3) is 1.00. The molecule has 0 amide bonds. The first-order valence-corrected chi connectivity index (χ1v) is 11.2. The van der Waals surface area contributed by atoms with Crippen LogP contribution in [0.2, 0.25) is 0 Å². The predicted molar refractivity (Wildman–Crippen MR) is 104 cm³/mol. The van der Waals surface area contributed by atoms with Crippen molar-refractivity contribution in [2.45, 2.75) is 60.8 Å². The monoisotopic (exact) mass is 500 g/mol. The van der Waals surface area contributed by atoms with E-state index in [0.717, 1.165) is 12.8 Å². The van der Waals surface area contributed by atoms with Crippen molar-refractivity contribution < 1.29 is 29.2 Å². The van der Waals surface area contributed by atoms with Crippen molar-refractivity contribution in [3.8, 4) is 0 Å². The molecule has 2 N–H and O–H groups in total. The zero-order chi connectivity index (χ0) is 19.1. The van der Waals surface area contributed by atoms with Gasteiger partial charge < -0.3 is 29.2 Å². The Kier molecular flexibility index (Phi) is 6.48. The van der Waals surface area contributed by atoms with Gasteiger partial charge in [-0.1, -0.05) is 45.7 Å². The zero-order valence-corrected chi connectivity index (χ0v) is 18.7. The lowest BCUT2D eigenvalue weighted by Gasteiger charge is -2.56. The summed E-state index contributed by atoms with van der Waals surface area (Å²) in [5, 5.41) is 19.4. The molecule has 0 aromatic carbocycles. The topological polar surface area (TPSA) is 77.4 Å². The van der Waals surface area contributed by atoms with Gasteiger partial charge in [0.05, 0.1) is 49.3 Å². The molecule has 2 aliphatic heterocycles. The summed E-state index contributed by atoms with van der Waals surface area (Å²) in [6, 6.07) is 0. The normalized spacial score (nSPS) is 49.6. The third kappa shape index (κ3) is 3.54. The zero-order valence-electron chi connectivity index (χ0n) is 15.5. The summed E-state index contributed by atoms with van der Waals surface area (Å²) >= 11 is 7.49. The van der Waals surface area contributed by atoms with E-state index in [1.54, 1.807) is 0 Å². The van der Waals surface area contributed by atoms with Crippen molar-refractivity contribution in [3.05, 3.63) is 0 Å². The lowest BCUT2D eigenvalue weighted by atomic mass is 9.81. The molecule has 0 aromatic rings. The molecule has 152 valence electrons. The van der Waals surface area contributed by atoms with Crippen LogP contribution in [0.4, 0.5) is 0 Å². The van der Waals surface area contributed by atoms with Crippen molar-refractivity contribution >= 4 is 31.9 Å². The Morgan fingerprint density at radius 1 is 0.731 bits per heavy atom. The van der Waals surface area contributed by atoms with E-state index in [0.29, 0.717) is 39.3 Å². The maximum Gasteiger partial charge on any atom is 0.182 e. The van der Waals surface area contributed by atoms with Crippen LogP contribution in [0, 0.1) is 10.8 Å². The first-order chi connectivity index (χ1) is 12.3. The number of aliphatic hydroxyl groups is 2. The SMILES string of the molecule is CCC1(CO)COC2(CC(Br)C3(CC2Br)OCC(CC)(CO)CO3)OC1. The second-order valence-electron chi connectivity index (χ2n) is 8.15. The number of rotatable bonds is 4. The number of aliphatic hydroxyl groups excluding tert-OH is 2. The van der Waals surface area contributed by atoms with E-state index < -0.39 is 11.6 Å². The molecule has 2 heterocycles. The van der Waals surface area contributed by atoms with Gasteiger partial charge in [0.1, 0.15) is 0 Å². The minimum absolute atomic E-state index is 0.0562. The van der Waals surface area contributed by atoms with Crippen LogP contribution in [0.3, 0.4) is 0 Å².